The minimum absolute atomic E-state index is 0.00801. The molecular formula is C18H30N2O. The molecule has 0 radical (unpaired) electrons. The maximum atomic E-state index is 9.76. The Morgan fingerprint density at radius 2 is 2.00 bits per heavy atom. The Bertz CT molecular complexity index is 422. The third-order valence-electron chi connectivity index (χ3n) is 5.07. The summed E-state index contributed by atoms with van der Waals surface area (Å²) in [5.74, 6) is 0.834. The summed E-state index contributed by atoms with van der Waals surface area (Å²) < 4.78 is 0. The van der Waals surface area contributed by atoms with Crippen molar-refractivity contribution in [3.63, 3.8) is 0 Å². The maximum absolute atomic E-state index is 9.76. The second kappa shape index (κ2) is 7.39. The number of benzene rings is 1. The van der Waals surface area contributed by atoms with Gasteiger partial charge < -0.3 is 15.7 Å². The summed E-state index contributed by atoms with van der Waals surface area (Å²) in [6.07, 6.45) is 6.07. The molecule has 1 fully saturated rings. The molecule has 0 saturated heterocycles. The predicted molar refractivity (Wildman–Crippen MR) is 88.1 cm³/mol. The minimum Gasteiger partial charge on any atom is -0.394 e. The van der Waals surface area contributed by atoms with Crippen LogP contribution in [0.15, 0.2) is 30.3 Å². The zero-order valence-electron chi connectivity index (χ0n) is 13.5. The molecule has 0 aromatic heterocycles. The number of nitrogens with zero attached hydrogens (tertiary/aromatic N) is 1. The van der Waals surface area contributed by atoms with Crippen molar-refractivity contribution < 1.29 is 5.11 Å². The number of rotatable bonds is 6. The van der Waals surface area contributed by atoms with Gasteiger partial charge >= 0.3 is 0 Å². The van der Waals surface area contributed by atoms with Gasteiger partial charge in [0.2, 0.25) is 0 Å². The summed E-state index contributed by atoms with van der Waals surface area (Å²) in [6, 6.07) is 10.7. The Morgan fingerprint density at radius 1 is 1.29 bits per heavy atom. The molecule has 118 valence electrons. The van der Waals surface area contributed by atoms with E-state index in [0.29, 0.717) is 6.04 Å². The number of hydrogen-bond acceptors (Lipinski definition) is 3. The van der Waals surface area contributed by atoms with Crippen molar-refractivity contribution in [3.05, 3.63) is 35.9 Å². The van der Waals surface area contributed by atoms with Crippen molar-refractivity contribution in [2.45, 2.75) is 50.6 Å². The summed E-state index contributed by atoms with van der Waals surface area (Å²) in [7, 11) is 2.20. The van der Waals surface area contributed by atoms with Crippen LogP contribution in [0.1, 0.15) is 44.6 Å². The maximum Gasteiger partial charge on any atom is 0.0656 e. The molecule has 3 heteroatoms. The number of aliphatic hydroxyl groups is 1. The Morgan fingerprint density at radius 3 is 2.62 bits per heavy atom. The highest BCUT2D eigenvalue weighted by Crippen LogP contribution is 2.28. The van der Waals surface area contributed by atoms with Crippen LogP contribution in [0.4, 0.5) is 0 Å². The zero-order chi connectivity index (χ0) is 15.3. The van der Waals surface area contributed by atoms with Crippen LogP contribution in [-0.2, 0) is 5.54 Å². The minimum atomic E-state index is -0.629. The van der Waals surface area contributed by atoms with Crippen molar-refractivity contribution in [1.29, 1.82) is 0 Å². The van der Waals surface area contributed by atoms with Crippen molar-refractivity contribution in [2.75, 3.05) is 20.2 Å². The number of hydrogen-bond donors (Lipinski definition) is 2. The van der Waals surface area contributed by atoms with Crippen LogP contribution in [-0.4, -0.2) is 36.2 Å². The average Bonchev–Trinajstić information content (AvgIpc) is 2.53. The quantitative estimate of drug-likeness (QED) is 0.847. The highest BCUT2D eigenvalue weighted by atomic mass is 16.3. The van der Waals surface area contributed by atoms with Gasteiger partial charge in [0.05, 0.1) is 12.1 Å². The Balaban J connectivity index is 1.93. The first-order valence-electron chi connectivity index (χ1n) is 8.20. The van der Waals surface area contributed by atoms with Crippen molar-refractivity contribution in [3.8, 4) is 0 Å². The highest BCUT2D eigenvalue weighted by molar-refractivity contribution is 5.24. The third-order valence-corrected chi connectivity index (χ3v) is 5.07. The van der Waals surface area contributed by atoms with E-state index in [1.165, 1.54) is 25.7 Å². The van der Waals surface area contributed by atoms with Crippen LogP contribution < -0.4 is 5.73 Å². The van der Waals surface area contributed by atoms with Gasteiger partial charge in [-0.15, -0.1) is 0 Å². The SMILES string of the molecule is CC1CCCC(N(C)CCC(N)(CO)c2ccccc2)C1. The largest absolute Gasteiger partial charge is 0.394 e. The molecule has 0 heterocycles. The standard InChI is InChI=1S/C18H30N2O/c1-15-7-6-10-17(13-15)20(2)12-11-18(19,14-21)16-8-4-3-5-9-16/h3-5,8-9,15,17,21H,6-7,10-14,19H2,1-2H3. The summed E-state index contributed by atoms with van der Waals surface area (Å²) in [5.41, 5.74) is 6.84. The van der Waals surface area contributed by atoms with Crippen molar-refractivity contribution in [1.82, 2.24) is 4.90 Å². The Labute approximate surface area is 129 Å². The lowest BCUT2D eigenvalue weighted by Gasteiger charge is -2.36. The van der Waals surface area contributed by atoms with E-state index in [1.54, 1.807) is 0 Å². The van der Waals surface area contributed by atoms with Crippen LogP contribution >= 0.6 is 0 Å². The van der Waals surface area contributed by atoms with Gasteiger partial charge in [0.25, 0.3) is 0 Å². The van der Waals surface area contributed by atoms with Gasteiger partial charge in [-0.1, -0.05) is 50.1 Å². The summed E-state index contributed by atoms with van der Waals surface area (Å²) in [5, 5.41) is 9.76. The molecule has 1 aliphatic carbocycles. The van der Waals surface area contributed by atoms with E-state index in [2.05, 4.69) is 18.9 Å². The predicted octanol–water partition coefficient (Wildman–Crippen LogP) is 2.73. The number of nitrogens with two attached hydrogens (primary N) is 1. The van der Waals surface area contributed by atoms with Gasteiger partial charge in [0.1, 0.15) is 0 Å². The second-order valence-electron chi connectivity index (χ2n) is 6.84. The molecular weight excluding hydrogens is 260 g/mol. The Hall–Kier alpha value is -0.900. The van der Waals surface area contributed by atoms with Gasteiger partial charge in [-0.05, 0) is 37.8 Å². The van der Waals surface area contributed by atoms with Gasteiger partial charge in [0, 0.05) is 12.6 Å². The molecule has 0 bridgehead atoms. The lowest BCUT2D eigenvalue weighted by atomic mass is 9.85. The van der Waals surface area contributed by atoms with Gasteiger partial charge in [-0.25, -0.2) is 0 Å². The summed E-state index contributed by atoms with van der Waals surface area (Å²) >= 11 is 0. The Kier molecular flexibility index (Phi) is 5.80. The van der Waals surface area contributed by atoms with Gasteiger partial charge in [-0.3, -0.25) is 0 Å². The molecule has 21 heavy (non-hydrogen) atoms. The molecule has 1 aromatic carbocycles. The molecule has 3 unspecified atom stereocenters. The van der Waals surface area contributed by atoms with E-state index in [0.717, 1.165) is 24.4 Å². The van der Waals surface area contributed by atoms with Gasteiger partial charge in [-0.2, -0.15) is 0 Å². The van der Waals surface area contributed by atoms with Crippen LogP contribution in [0, 0.1) is 5.92 Å². The van der Waals surface area contributed by atoms with Crippen molar-refractivity contribution in [2.24, 2.45) is 11.7 Å². The van der Waals surface area contributed by atoms with E-state index < -0.39 is 5.54 Å². The molecule has 2 rings (SSSR count). The second-order valence-corrected chi connectivity index (χ2v) is 6.84. The molecule has 3 atom stereocenters. The van der Waals surface area contributed by atoms with Crippen LogP contribution in [0.2, 0.25) is 0 Å². The van der Waals surface area contributed by atoms with Crippen molar-refractivity contribution >= 4 is 0 Å². The smallest absolute Gasteiger partial charge is 0.0656 e. The summed E-state index contributed by atoms with van der Waals surface area (Å²) in [4.78, 5) is 2.44. The first-order valence-corrected chi connectivity index (χ1v) is 8.20. The molecule has 1 saturated carbocycles. The van der Waals surface area contributed by atoms with Crippen LogP contribution in [0.3, 0.4) is 0 Å². The van der Waals surface area contributed by atoms with E-state index in [4.69, 9.17) is 5.73 Å². The molecule has 0 amide bonds. The van der Waals surface area contributed by atoms with E-state index in [-0.39, 0.29) is 6.61 Å². The van der Waals surface area contributed by atoms with E-state index >= 15 is 0 Å². The summed E-state index contributed by atoms with van der Waals surface area (Å²) in [6.45, 7) is 3.28. The lowest BCUT2D eigenvalue weighted by Crippen LogP contribution is -2.45. The van der Waals surface area contributed by atoms with Crippen LogP contribution in [0.5, 0.6) is 0 Å². The molecule has 1 aliphatic rings. The third kappa shape index (κ3) is 4.29. The first kappa shape index (κ1) is 16.5. The molecule has 3 N–H and O–H groups in total. The lowest BCUT2D eigenvalue weighted by molar-refractivity contribution is 0.130. The fourth-order valence-electron chi connectivity index (χ4n) is 3.45. The molecule has 0 aliphatic heterocycles. The monoisotopic (exact) mass is 290 g/mol. The first-order chi connectivity index (χ1) is 10.0. The fraction of sp³-hybridized carbons (Fsp3) is 0.667. The molecule has 0 spiro atoms. The topological polar surface area (TPSA) is 49.5 Å². The van der Waals surface area contributed by atoms with Crippen LogP contribution in [0.25, 0.3) is 0 Å². The van der Waals surface area contributed by atoms with Gasteiger partial charge in [0.15, 0.2) is 0 Å². The number of aliphatic hydroxyl groups excluding tert-OH is 1. The normalized spacial score (nSPS) is 25.8. The highest BCUT2D eigenvalue weighted by Gasteiger charge is 2.28. The molecule has 3 nitrogen and oxygen atoms in total. The average molecular weight is 290 g/mol. The molecule has 1 aromatic rings. The van der Waals surface area contributed by atoms with E-state index in [1.807, 2.05) is 30.3 Å². The van der Waals surface area contributed by atoms with E-state index in [9.17, 15) is 5.11 Å². The zero-order valence-corrected chi connectivity index (χ0v) is 13.5. The fourth-order valence-corrected chi connectivity index (χ4v) is 3.45.